The normalized spacial score (nSPS) is 13.5. The van der Waals surface area contributed by atoms with E-state index in [4.69, 9.17) is 9.47 Å². The van der Waals surface area contributed by atoms with Crippen LogP contribution in [0.4, 0.5) is 0 Å². The summed E-state index contributed by atoms with van der Waals surface area (Å²) in [6.07, 6.45) is 0. The summed E-state index contributed by atoms with van der Waals surface area (Å²) in [6, 6.07) is 3.13. The fourth-order valence-corrected chi connectivity index (χ4v) is 1.57. The van der Waals surface area contributed by atoms with Gasteiger partial charge in [-0.3, -0.25) is 14.9 Å². The van der Waals surface area contributed by atoms with Crippen molar-refractivity contribution in [3.05, 3.63) is 23.3 Å². The molecule has 1 aliphatic rings. The number of fused-ring (bicyclic) bond motifs is 1. The van der Waals surface area contributed by atoms with Crippen molar-refractivity contribution in [1.29, 1.82) is 0 Å². The minimum atomic E-state index is -0.453. The molecule has 1 heterocycles. The van der Waals surface area contributed by atoms with Crippen molar-refractivity contribution < 1.29 is 19.1 Å². The maximum absolute atomic E-state index is 11.5. The van der Waals surface area contributed by atoms with Crippen molar-refractivity contribution in [1.82, 2.24) is 5.32 Å². The summed E-state index contributed by atoms with van der Waals surface area (Å²) in [7, 11) is 2.90. The van der Waals surface area contributed by atoms with Gasteiger partial charge in [-0.05, 0) is 12.1 Å². The van der Waals surface area contributed by atoms with Gasteiger partial charge in [-0.25, -0.2) is 0 Å². The van der Waals surface area contributed by atoms with Crippen LogP contribution < -0.4 is 14.8 Å². The lowest BCUT2D eigenvalue weighted by Gasteiger charge is -2.09. The third-order valence-electron chi connectivity index (χ3n) is 2.24. The number of hydrogen-bond acceptors (Lipinski definition) is 4. The summed E-state index contributed by atoms with van der Waals surface area (Å²) >= 11 is 0. The topological polar surface area (TPSA) is 64.6 Å². The third-order valence-corrected chi connectivity index (χ3v) is 2.24. The van der Waals surface area contributed by atoms with Gasteiger partial charge in [0.15, 0.2) is 11.5 Å². The van der Waals surface area contributed by atoms with Crippen LogP contribution in [0.5, 0.6) is 11.5 Å². The number of imide groups is 1. The molecule has 2 rings (SSSR count). The van der Waals surface area contributed by atoms with Gasteiger partial charge in [0, 0.05) is 0 Å². The minimum absolute atomic E-state index is 0.238. The Balaban J connectivity index is 2.70. The molecule has 0 saturated carbocycles. The van der Waals surface area contributed by atoms with Crippen molar-refractivity contribution in [3.63, 3.8) is 0 Å². The molecular formula is C10H9NO4. The highest BCUT2D eigenvalue weighted by atomic mass is 16.5. The van der Waals surface area contributed by atoms with Crippen LogP contribution in [0.25, 0.3) is 0 Å². The van der Waals surface area contributed by atoms with E-state index in [1.807, 2.05) is 0 Å². The van der Waals surface area contributed by atoms with Crippen LogP contribution in [0.3, 0.4) is 0 Å². The summed E-state index contributed by atoms with van der Waals surface area (Å²) < 4.78 is 10.1. The molecule has 1 N–H and O–H groups in total. The number of hydrogen-bond donors (Lipinski definition) is 1. The molecule has 5 nitrogen and oxygen atoms in total. The van der Waals surface area contributed by atoms with Crippen molar-refractivity contribution in [2.24, 2.45) is 0 Å². The molecule has 15 heavy (non-hydrogen) atoms. The third kappa shape index (κ3) is 1.24. The van der Waals surface area contributed by atoms with Gasteiger partial charge < -0.3 is 9.47 Å². The first-order valence-corrected chi connectivity index (χ1v) is 4.29. The second kappa shape index (κ2) is 3.27. The molecule has 5 heteroatoms. The second-order valence-corrected chi connectivity index (χ2v) is 3.01. The van der Waals surface area contributed by atoms with Crippen molar-refractivity contribution in [2.45, 2.75) is 0 Å². The van der Waals surface area contributed by atoms with Crippen molar-refractivity contribution in [3.8, 4) is 11.5 Å². The van der Waals surface area contributed by atoms with E-state index in [2.05, 4.69) is 5.32 Å². The van der Waals surface area contributed by atoms with Gasteiger partial charge in [0.25, 0.3) is 11.8 Å². The molecule has 1 aromatic carbocycles. The minimum Gasteiger partial charge on any atom is -0.493 e. The predicted octanol–water partition coefficient (Wildman–Crippen LogP) is 0.587. The molecule has 0 radical (unpaired) electrons. The number of rotatable bonds is 2. The van der Waals surface area contributed by atoms with E-state index in [-0.39, 0.29) is 5.56 Å². The molecule has 78 valence electrons. The van der Waals surface area contributed by atoms with Crippen LogP contribution in [-0.2, 0) is 0 Å². The average Bonchev–Trinajstić information content (AvgIpc) is 2.53. The molecule has 0 saturated heterocycles. The Labute approximate surface area is 86.0 Å². The van der Waals surface area contributed by atoms with E-state index < -0.39 is 11.8 Å². The molecule has 2 amide bonds. The molecule has 0 spiro atoms. The summed E-state index contributed by atoms with van der Waals surface area (Å²) in [6.45, 7) is 0. The molecular weight excluding hydrogens is 198 g/mol. The lowest BCUT2D eigenvalue weighted by molar-refractivity contribution is 0.0879. The van der Waals surface area contributed by atoms with Gasteiger partial charge in [0.05, 0.1) is 25.3 Å². The number of carbonyl (C=O) groups excluding carboxylic acids is 2. The van der Waals surface area contributed by atoms with Crippen LogP contribution >= 0.6 is 0 Å². The summed E-state index contributed by atoms with van der Waals surface area (Å²) in [5.41, 5.74) is 0.555. The number of methoxy groups -OCH3 is 2. The SMILES string of the molecule is COc1ccc2c(c1OC)C(=O)NC2=O. The Morgan fingerprint density at radius 3 is 2.40 bits per heavy atom. The summed E-state index contributed by atoms with van der Waals surface area (Å²) in [5, 5.41) is 2.19. The van der Waals surface area contributed by atoms with Crippen molar-refractivity contribution in [2.75, 3.05) is 14.2 Å². The largest absolute Gasteiger partial charge is 0.493 e. The highest BCUT2D eigenvalue weighted by Gasteiger charge is 2.32. The number of nitrogens with one attached hydrogen (secondary N) is 1. The predicted molar refractivity (Wildman–Crippen MR) is 51.3 cm³/mol. The van der Waals surface area contributed by atoms with Crippen LogP contribution in [0.1, 0.15) is 20.7 Å². The zero-order valence-electron chi connectivity index (χ0n) is 8.29. The molecule has 0 fully saturated rings. The highest BCUT2D eigenvalue weighted by Crippen LogP contribution is 2.35. The average molecular weight is 207 g/mol. The molecule has 0 aromatic heterocycles. The van der Waals surface area contributed by atoms with E-state index in [1.165, 1.54) is 20.3 Å². The van der Waals surface area contributed by atoms with E-state index >= 15 is 0 Å². The molecule has 1 aliphatic heterocycles. The molecule has 1 aromatic rings. The Kier molecular flexibility index (Phi) is 2.07. The lowest BCUT2D eigenvalue weighted by atomic mass is 10.1. The van der Waals surface area contributed by atoms with Crippen LogP contribution in [0.2, 0.25) is 0 Å². The fourth-order valence-electron chi connectivity index (χ4n) is 1.57. The Bertz CT molecular complexity index is 453. The fraction of sp³-hybridized carbons (Fsp3) is 0.200. The standard InChI is InChI=1S/C10H9NO4/c1-14-6-4-3-5-7(8(6)15-2)10(13)11-9(5)12/h3-4H,1-2H3,(H,11,12,13). The first-order valence-electron chi connectivity index (χ1n) is 4.29. The van der Waals surface area contributed by atoms with Gasteiger partial charge in [0.1, 0.15) is 0 Å². The Hall–Kier alpha value is -2.04. The van der Waals surface area contributed by atoms with E-state index in [1.54, 1.807) is 6.07 Å². The van der Waals surface area contributed by atoms with Crippen LogP contribution in [0.15, 0.2) is 12.1 Å². The van der Waals surface area contributed by atoms with Gasteiger partial charge in [-0.2, -0.15) is 0 Å². The van der Waals surface area contributed by atoms with Gasteiger partial charge in [-0.15, -0.1) is 0 Å². The second-order valence-electron chi connectivity index (χ2n) is 3.01. The van der Waals surface area contributed by atoms with E-state index in [0.29, 0.717) is 17.1 Å². The monoisotopic (exact) mass is 207 g/mol. The summed E-state index contributed by atoms with van der Waals surface area (Å²) in [4.78, 5) is 22.8. The van der Waals surface area contributed by atoms with E-state index in [9.17, 15) is 9.59 Å². The van der Waals surface area contributed by atoms with Gasteiger partial charge in [-0.1, -0.05) is 0 Å². The number of carbonyl (C=O) groups is 2. The lowest BCUT2D eigenvalue weighted by Crippen LogP contribution is -2.20. The number of amides is 2. The molecule has 0 bridgehead atoms. The zero-order valence-corrected chi connectivity index (χ0v) is 8.29. The zero-order chi connectivity index (χ0) is 11.0. The van der Waals surface area contributed by atoms with Crippen molar-refractivity contribution >= 4 is 11.8 Å². The van der Waals surface area contributed by atoms with Gasteiger partial charge >= 0.3 is 0 Å². The maximum atomic E-state index is 11.5. The number of benzene rings is 1. The molecule has 0 aliphatic carbocycles. The first-order chi connectivity index (χ1) is 7.19. The van der Waals surface area contributed by atoms with Gasteiger partial charge in [0.2, 0.25) is 0 Å². The molecule has 0 atom stereocenters. The quantitative estimate of drug-likeness (QED) is 0.721. The maximum Gasteiger partial charge on any atom is 0.262 e. The highest BCUT2D eigenvalue weighted by molar-refractivity contribution is 6.23. The first kappa shape index (κ1) is 9.51. The van der Waals surface area contributed by atoms with Crippen LogP contribution in [-0.4, -0.2) is 26.0 Å². The molecule has 0 unspecified atom stereocenters. The number of ether oxygens (including phenoxy) is 2. The Morgan fingerprint density at radius 1 is 1.07 bits per heavy atom. The van der Waals surface area contributed by atoms with E-state index in [0.717, 1.165) is 0 Å². The Morgan fingerprint density at radius 2 is 1.80 bits per heavy atom. The summed E-state index contributed by atoms with van der Waals surface area (Å²) in [5.74, 6) is -0.138. The van der Waals surface area contributed by atoms with Crippen LogP contribution in [0, 0.1) is 0 Å². The smallest absolute Gasteiger partial charge is 0.262 e.